The molecule has 0 saturated carbocycles. The number of benzene rings is 1. The zero-order chi connectivity index (χ0) is 14.6. The molecule has 1 unspecified atom stereocenters. The molecule has 0 amide bonds. The topological polar surface area (TPSA) is 60.8 Å². The predicted octanol–water partition coefficient (Wildman–Crippen LogP) is 2.64. The number of carboxylic acid groups (broad SMARTS) is 1. The van der Waals surface area contributed by atoms with Gasteiger partial charge in [-0.2, -0.15) is 0 Å². The summed E-state index contributed by atoms with van der Waals surface area (Å²) in [6.45, 7) is 5.60. The monoisotopic (exact) mass is 285 g/mol. The maximum absolute atomic E-state index is 11.0. The zero-order valence-electron chi connectivity index (χ0n) is 11.4. The van der Waals surface area contributed by atoms with Crippen molar-refractivity contribution in [3.8, 4) is 0 Å². The molecule has 0 spiro atoms. The van der Waals surface area contributed by atoms with Crippen LogP contribution in [0.4, 0.5) is 5.69 Å². The Kier molecular flexibility index (Phi) is 5.20. The van der Waals surface area contributed by atoms with Crippen molar-refractivity contribution in [3.05, 3.63) is 29.3 Å². The third-order valence-corrected chi connectivity index (χ3v) is 3.52. The van der Waals surface area contributed by atoms with Crippen LogP contribution in [-0.2, 0) is 4.79 Å². The fourth-order valence-electron chi connectivity index (χ4n) is 1.62. The first-order chi connectivity index (χ1) is 8.72. The van der Waals surface area contributed by atoms with Crippen molar-refractivity contribution in [1.29, 1.82) is 0 Å². The molecule has 1 atom stereocenters. The number of carbonyl (C=O) groups is 1. The van der Waals surface area contributed by atoms with Crippen LogP contribution >= 0.6 is 11.6 Å². The third-order valence-electron chi connectivity index (χ3n) is 3.27. The second-order valence-corrected chi connectivity index (χ2v) is 5.67. The van der Waals surface area contributed by atoms with Crippen molar-refractivity contribution in [2.24, 2.45) is 5.92 Å². The molecule has 0 radical (unpaired) electrons. The summed E-state index contributed by atoms with van der Waals surface area (Å²) < 4.78 is 0. The van der Waals surface area contributed by atoms with Gasteiger partial charge in [0.25, 0.3) is 0 Å². The number of aliphatic hydroxyl groups is 1. The molecule has 1 aromatic rings. The molecule has 0 bridgehead atoms. The van der Waals surface area contributed by atoms with Gasteiger partial charge in [-0.05, 0) is 37.1 Å². The lowest BCUT2D eigenvalue weighted by molar-refractivity contribution is -0.135. The lowest BCUT2D eigenvalue weighted by atomic mass is 9.92. The van der Waals surface area contributed by atoms with Crippen LogP contribution in [0, 0.1) is 5.92 Å². The molecule has 1 rings (SSSR count). The first kappa shape index (κ1) is 15.8. The summed E-state index contributed by atoms with van der Waals surface area (Å²) >= 11 is 5.82. The molecule has 4 nitrogen and oxygen atoms in total. The van der Waals surface area contributed by atoms with Gasteiger partial charge in [-0.1, -0.05) is 25.4 Å². The van der Waals surface area contributed by atoms with Gasteiger partial charge in [0.05, 0.1) is 5.60 Å². The highest BCUT2D eigenvalue weighted by atomic mass is 35.5. The molecule has 0 aliphatic heterocycles. The fraction of sp³-hybridized carbons (Fsp3) is 0.500. The van der Waals surface area contributed by atoms with Crippen LogP contribution in [0.15, 0.2) is 24.3 Å². The maximum atomic E-state index is 11.0. The lowest BCUT2D eigenvalue weighted by Gasteiger charge is -2.35. The van der Waals surface area contributed by atoms with Gasteiger partial charge in [-0.15, -0.1) is 0 Å². The van der Waals surface area contributed by atoms with E-state index in [1.807, 2.05) is 13.8 Å². The number of rotatable bonds is 6. The molecule has 106 valence electrons. The van der Waals surface area contributed by atoms with Crippen LogP contribution in [-0.4, -0.2) is 34.9 Å². The summed E-state index contributed by atoms with van der Waals surface area (Å²) in [5.74, 6) is -0.911. The standard InChI is InChI=1S/C14H20ClNO3/c1-10(2)14(3,19)9-16(8-13(17)18)12-6-4-11(15)5-7-12/h4-7,10,19H,8-9H2,1-3H3,(H,17,18). The lowest BCUT2D eigenvalue weighted by Crippen LogP contribution is -2.46. The first-order valence-electron chi connectivity index (χ1n) is 6.17. The minimum Gasteiger partial charge on any atom is -0.480 e. The quantitative estimate of drug-likeness (QED) is 0.843. The Morgan fingerprint density at radius 3 is 2.32 bits per heavy atom. The number of hydrogen-bond acceptors (Lipinski definition) is 3. The Hall–Kier alpha value is -1.26. The first-order valence-corrected chi connectivity index (χ1v) is 6.55. The Balaban J connectivity index is 2.95. The van der Waals surface area contributed by atoms with Gasteiger partial charge in [0.2, 0.25) is 0 Å². The summed E-state index contributed by atoms with van der Waals surface area (Å²) in [7, 11) is 0. The van der Waals surface area contributed by atoms with E-state index in [1.165, 1.54) is 0 Å². The van der Waals surface area contributed by atoms with Crippen molar-refractivity contribution >= 4 is 23.3 Å². The summed E-state index contributed by atoms with van der Waals surface area (Å²) in [5, 5.41) is 19.9. The van der Waals surface area contributed by atoms with E-state index in [-0.39, 0.29) is 19.0 Å². The fourth-order valence-corrected chi connectivity index (χ4v) is 1.75. The second-order valence-electron chi connectivity index (χ2n) is 5.24. The molecule has 2 N–H and O–H groups in total. The van der Waals surface area contributed by atoms with Gasteiger partial charge in [-0.3, -0.25) is 4.79 Å². The second kappa shape index (κ2) is 6.26. The summed E-state index contributed by atoms with van der Waals surface area (Å²) in [4.78, 5) is 12.6. The molecule has 19 heavy (non-hydrogen) atoms. The third kappa shape index (κ3) is 4.73. The number of anilines is 1. The van der Waals surface area contributed by atoms with E-state index >= 15 is 0 Å². The van der Waals surface area contributed by atoms with Crippen LogP contribution in [0.5, 0.6) is 0 Å². The molecule has 0 saturated heterocycles. The molecule has 1 aromatic carbocycles. The van der Waals surface area contributed by atoms with E-state index in [2.05, 4.69) is 0 Å². The Labute approximate surface area is 118 Å². The van der Waals surface area contributed by atoms with Gasteiger partial charge < -0.3 is 15.1 Å². The Bertz CT molecular complexity index is 429. The van der Waals surface area contributed by atoms with E-state index in [0.29, 0.717) is 5.02 Å². The molecule has 0 heterocycles. The maximum Gasteiger partial charge on any atom is 0.323 e. The molecule has 0 aliphatic carbocycles. The number of hydrogen-bond donors (Lipinski definition) is 2. The highest BCUT2D eigenvalue weighted by molar-refractivity contribution is 6.30. The van der Waals surface area contributed by atoms with E-state index in [0.717, 1.165) is 5.69 Å². The van der Waals surface area contributed by atoms with Crippen LogP contribution in [0.2, 0.25) is 5.02 Å². The van der Waals surface area contributed by atoms with E-state index in [1.54, 1.807) is 36.1 Å². The minimum atomic E-state index is -0.963. The number of nitrogens with zero attached hydrogens (tertiary/aromatic N) is 1. The van der Waals surface area contributed by atoms with Crippen LogP contribution in [0.1, 0.15) is 20.8 Å². The van der Waals surface area contributed by atoms with Gasteiger partial charge in [0.15, 0.2) is 0 Å². The van der Waals surface area contributed by atoms with Gasteiger partial charge in [-0.25, -0.2) is 0 Å². The smallest absolute Gasteiger partial charge is 0.323 e. The molecule has 0 aromatic heterocycles. The normalized spacial score (nSPS) is 14.2. The van der Waals surface area contributed by atoms with Crippen LogP contribution in [0.25, 0.3) is 0 Å². The van der Waals surface area contributed by atoms with E-state index < -0.39 is 11.6 Å². The molecular formula is C14H20ClNO3. The zero-order valence-corrected chi connectivity index (χ0v) is 12.2. The van der Waals surface area contributed by atoms with Crippen molar-refractivity contribution in [2.75, 3.05) is 18.0 Å². The molecule has 0 fully saturated rings. The van der Waals surface area contributed by atoms with Gasteiger partial charge in [0.1, 0.15) is 6.54 Å². The van der Waals surface area contributed by atoms with Crippen LogP contribution < -0.4 is 4.90 Å². The van der Waals surface area contributed by atoms with Crippen molar-refractivity contribution in [3.63, 3.8) is 0 Å². The van der Waals surface area contributed by atoms with Gasteiger partial charge in [0, 0.05) is 17.3 Å². The van der Waals surface area contributed by atoms with Crippen molar-refractivity contribution in [1.82, 2.24) is 0 Å². The number of carboxylic acids is 1. The molecular weight excluding hydrogens is 266 g/mol. The largest absolute Gasteiger partial charge is 0.480 e. The summed E-state index contributed by atoms with van der Waals surface area (Å²) in [6, 6.07) is 6.91. The summed E-state index contributed by atoms with van der Waals surface area (Å²) in [5.41, 5.74) is -0.234. The predicted molar refractivity (Wildman–Crippen MR) is 76.8 cm³/mol. The van der Waals surface area contributed by atoms with Crippen molar-refractivity contribution < 1.29 is 15.0 Å². The Morgan fingerprint density at radius 2 is 1.89 bits per heavy atom. The average molecular weight is 286 g/mol. The Morgan fingerprint density at radius 1 is 1.37 bits per heavy atom. The van der Waals surface area contributed by atoms with E-state index in [9.17, 15) is 9.90 Å². The molecule has 0 aliphatic rings. The van der Waals surface area contributed by atoms with Crippen LogP contribution in [0.3, 0.4) is 0 Å². The SMILES string of the molecule is CC(C)C(C)(O)CN(CC(=O)O)c1ccc(Cl)cc1. The highest BCUT2D eigenvalue weighted by Crippen LogP contribution is 2.23. The molecule has 5 heteroatoms. The van der Waals surface area contributed by atoms with Gasteiger partial charge >= 0.3 is 5.97 Å². The minimum absolute atomic E-state index is 0.0242. The average Bonchev–Trinajstić information content (AvgIpc) is 2.27. The number of aliphatic carboxylic acids is 1. The summed E-state index contributed by atoms with van der Waals surface area (Å²) in [6.07, 6.45) is 0. The highest BCUT2D eigenvalue weighted by Gasteiger charge is 2.28. The van der Waals surface area contributed by atoms with Crippen molar-refractivity contribution in [2.45, 2.75) is 26.4 Å². The van der Waals surface area contributed by atoms with E-state index in [4.69, 9.17) is 16.7 Å². The number of halogens is 1.